The van der Waals surface area contributed by atoms with E-state index < -0.39 is 15.7 Å². The van der Waals surface area contributed by atoms with E-state index in [1.807, 2.05) is 34.6 Å². The predicted octanol–water partition coefficient (Wildman–Crippen LogP) is 4.78. The number of rotatable bonds is 6. The Hall–Kier alpha value is -0.590. The lowest BCUT2D eigenvalue weighted by Gasteiger charge is -2.15. The number of hydrogen-bond donors (Lipinski definition) is 0. The standard InChI is InChI=1S/C15H21BrClNO3S/c1-6-20-11-8-10(9-18-22(19)15(3,4)5)13(17)14(12(11)16)21-7-2/h8-9H,6-7H2,1-5H3/b18-9+. The van der Waals surface area contributed by atoms with Gasteiger partial charge in [0.25, 0.3) is 0 Å². The van der Waals surface area contributed by atoms with Gasteiger partial charge in [0.1, 0.15) is 21.2 Å². The van der Waals surface area contributed by atoms with Crippen LogP contribution < -0.4 is 9.47 Å². The highest BCUT2D eigenvalue weighted by Crippen LogP contribution is 2.42. The first-order chi connectivity index (χ1) is 10.2. The summed E-state index contributed by atoms with van der Waals surface area (Å²) in [6.07, 6.45) is 1.50. The lowest BCUT2D eigenvalue weighted by Crippen LogP contribution is -2.19. The second-order valence-corrected chi connectivity index (χ2v) is 8.49. The molecule has 0 bridgehead atoms. The molecule has 0 spiro atoms. The molecule has 0 N–H and O–H groups in total. The molecule has 0 radical (unpaired) electrons. The fourth-order valence-electron chi connectivity index (χ4n) is 1.50. The van der Waals surface area contributed by atoms with Crippen LogP contribution in [0.4, 0.5) is 0 Å². The first-order valence-corrected chi connectivity index (χ1v) is 9.23. The summed E-state index contributed by atoms with van der Waals surface area (Å²) in [4.78, 5) is 0. The van der Waals surface area contributed by atoms with Gasteiger partial charge in [-0.05, 0) is 56.6 Å². The molecule has 0 fully saturated rings. The summed E-state index contributed by atoms with van der Waals surface area (Å²) in [5, 5.41) is 0.409. The van der Waals surface area contributed by atoms with Crippen LogP contribution in [0, 0.1) is 0 Å². The molecule has 1 unspecified atom stereocenters. The molecule has 0 aromatic heterocycles. The van der Waals surface area contributed by atoms with Gasteiger partial charge < -0.3 is 9.47 Å². The normalized spacial score (nSPS) is 13.4. The summed E-state index contributed by atoms with van der Waals surface area (Å²) >= 11 is 9.80. The van der Waals surface area contributed by atoms with Crippen LogP contribution in [0.25, 0.3) is 0 Å². The van der Waals surface area contributed by atoms with Crippen molar-refractivity contribution in [3.8, 4) is 11.5 Å². The quantitative estimate of drug-likeness (QED) is 0.634. The third-order valence-electron chi connectivity index (χ3n) is 2.55. The third kappa shape index (κ3) is 4.96. The van der Waals surface area contributed by atoms with Gasteiger partial charge in [0.05, 0.1) is 23.0 Å². The minimum Gasteiger partial charge on any atom is -0.493 e. The van der Waals surface area contributed by atoms with E-state index in [9.17, 15) is 4.21 Å². The Morgan fingerprint density at radius 1 is 1.32 bits per heavy atom. The van der Waals surface area contributed by atoms with Crippen molar-refractivity contribution in [3.63, 3.8) is 0 Å². The second kappa shape index (κ2) is 8.31. The van der Waals surface area contributed by atoms with E-state index in [4.69, 9.17) is 21.1 Å². The maximum Gasteiger partial charge on any atom is 0.156 e. The maximum atomic E-state index is 12.0. The van der Waals surface area contributed by atoms with E-state index in [0.717, 1.165) is 0 Å². The van der Waals surface area contributed by atoms with Gasteiger partial charge in [-0.2, -0.15) is 4.40 Å². The molecular weight excluding hydrogens is 390 g/mol. The minimum atomic E-state index is -1.35. The van der Waals surface area contributed by atoms with E-state index in [-0.39, 0.29) is 0 Å². The van der Waals surface area contributed by atoms with Crippen molar-refractivity contribution in [1.29, 1.82) is 0 Å². The summed E-state index contributed by atoms with van der Waals surface area (Å²) in [5.41, 5.74) is 0.606. The molecule has 0 saturated heterocycles. The molecule has 1 atom stereocenters. The fourth-order valence-corrected chi connectivity index (χ4v) is 2.93. The van der Waals surface area contributed by atoms with Gasteiger partial charge in [0.2, 0.25) is 0 Å². The molecule has 0 aliphatic carbocycles. The molecule has 7 heteroatoms. The highest BCUT2D eigenvalue weighted by molar-refractivity contribution is 9.10. The van der Waals surface area contributed by atoms with Crippen LogP contribution >= 0.6 is 27.5 Å². The molecule has 1 aromatic rings. The lowest BCUT2D eigenvalue weighted by molar-refractivity contribution is 0.319. The highest BCUT2D eigenvalue weighted by Gasteiger charge is 2.20. The number of nitrogens with zero attached hydrogens (tertiary/aromatic N) is 1. The average Bonchev–Trinajstić information content (AvgIpc) is 2.44. The van der Waals surface area contributed by atoms with Crippen molar-refractivity contribution < 1.29 is 13.7 Å². The van der Waals surface area contributed by atoms with Gasteiger partial charge in [-0.1, -0.05) is 11.6 Å². The predicted molar refractivity (Wildman–Crippen MR) is 97.0 cm³/mol. The van der Waals surface area contributed by atoms with Gasteiger partial charge >= 0.3 is 0 Å². The Morgan fingerprint density at radius 2 is 1.91 bits per heavy atom. The van der Waals surface area contributed by atoms with Crippen molar-refractivity contribution in [2.24, 2.45) is 4.40 Å². The van der Waals surface area contributed by atoms with Crippen molar-refractivity contribution in [2.75, 3.05) is 13.2 Å². The molecule has 0 amide bonds. The molecule has 0 heterocycles. The zero-order valence-corrected chi connectivity index (χ0v) is 16.6. The Bertz CT molecular complexity index is 585. The molecule has 124 valence electrons. The topological polar surface area (TPSA) is 47.9 Å². The lowest BCUT2D eigenvalue weighted by atomic mass is 10.2. The van der Waals surface area contributed by atoms with Crippen LogP contribution in [0.3, 0.4) is 0 Å². The van der Waals surface area contributed by atoms with Crippen LogP contribution in [-0.2, 0) is 11.0 Å². The summed E-state index contributed by atoms with van der Waals surface area (Å²) in [6, 6.07) is 1.75. The van der Waals surface area contributed by atoms with Gasteiger partial charge in [-0.15, -0.1) is 0 Å². The van der Waals surface area contributed by atoms with E-state index >= 15 is 0 Å². The molecule has 1 rings (SSSR count). The van der Waals surface area contributed by atoms with Crippen LogP contribution in [0.5, 0.6) is 11.5 Å². The average molecular weight is 411 g/mol. The highest BCUT2D eigenvalue weighted by atomic mass is 79.9. The number of hydrogen-bond acceptors (Lipinski definition) is 3. The molecule has 4 nitrogen and oxygen atoms in total. The van der Waals surface area contributed by atoms with Crippen LogP contribution in [0.1, 0.15) is 40.2 Å². The summed E-state index contributed by atoms with van der Waals surface area (Å²) in [7, 11) is -1.35. The van der Waals surface area contributed by atoms with Crippen molar-refractivity contribution in [2.45, 2.75) is 39.4 Å². The number of benzene rings is 1. The molecular formula is C15H21BrClNO3S. The Balaban J connectivity index is 3.29. The summed E-state index contributed by atoms with van der Waals surface area (Å²) < 4.78 is 27.5. The second-order valence-electron chi connectivity index (χ2n) is 5.38. The molecule has 22 heavy (non-hydrogen) atoms. The maximum absolute atomic E-state index is 12.0. The SMILES string of the molecule is CCOc1cc(/C=N/S(=O)C(C)(C)C)c(Cl)c(OCC)c1Br. The van der Waals surface area contributed by atoms with E-state index in [0.29, 0.717) is 39.8 Å². The fraction of sp³-hybridized carbons (Fsp3) is 0.533. The first-order valence-electron chi connectivity index (χ1n) is 6.96. The smallest absolute Gasteiger partial charge is 0.156 e. The van der Waals surface area contributed by atoms with E-state index in [1.165, 1.54) is 6.21 Å². The van der Waals surface area contributed by atoms with Crippen LogP contribution in [0.2, 0.25) is 5.02 Å². The summed E-state index contributed by atoms with van der Waals surface area (Å²) in [6.45, 7) is 10.3. The zero-order valence-electron chi connectivity index (χ0n) is 13.4. The molecule has 1 aromatic carbocycles. The molecule has 0 aliphatic heterocycles. The Kier molecular flexibility index (Phi) is 7.35. The Labute approximate surface area is 148 Å². The number of ether oxygens (including phenoxy) is 2. The van der Waals surface area contributed by atoms with Gasteiger partial charge in [0, 0.05) is 11.8 Å². The Morgan fingerprint density at radius 3 is 2.41 bits per heavy atom. The monoisotopic (exact) mass is 409 g/mol. The van der Waals surface area contributed by atoms with Gasteiger partial charge in [-0.3, -0.25) is 0 Å². The van der Waals surface area contributed by atoms with E-state index in [1.54, 1.807) is 6.07 Å². The molecule has 0 aliphatic rings. The van der Waals surface area contributed by atoms with Crippen molar-refractivity contribution >= 4 is 44.7 Å². The van der Waals surface area contributed by atoms with E-state index in [2.05, 4.69) is 20.3 Å². The largest absolute Gasteiger partial charge is 0.493 e. The van der Waals surface area contributed by atoms with Gasteiger partial charge in [-0.25, -0.2) is 4.21 Å². The molecule has 0 saturated carbocycles. The number of halogens is 2. The summed E-state index contributed by atoms with van der Waals surface area (Å²) in [5.74, 6) is 1.11. The van der Waals surface area contributed by atoms with Crippen LogP contribution in [-0.4, -0.2) is 28.4 Å². The van der Waals surface area contributed by atoms with Crippen molar-refractivity contribution in [3.05, 3.63) is 21.1 Å². The third-order valence-corrected chi connectivity index (χ3v) is 5.04. The first kappa shape index (κ1) is 19.5. The van der Waals surface area contributed by atoms with Crippen LogP contribution in [0.15, 0.2) is 14.9 Å². The zero-order chi connectivity index (χ0) is 16.9. The van der Waals surface area contributed by atoms with Crippen molar-refractivity contribution in [1.82, 2.24) is 0 Å². The van der Waals surface area contributed by atoms with Gasteiger partial charge in [0.15, 0.2) is 5.75 Å². The minimum absolute atomic E-state index is 0.409.